The molecule has 2 bridgehead atoms. The Kier molecular flexibility index (Phi) is 7.47. The van der Waals surface area contributed by atoms with Crippen LogP contribution in [0.2, 0.25) is 0 Å². The average Bonchev–Trinajstić information content (AvgIpc) is 3.81. The number of ether oxygens (including phenoxy) is 1. The lowest BCUT2D eigenvalue weighted by Crippen LogP contribution is -2.75. The van der Waals surface area contributed by atoms with Gasteiger partial charge >= 0.3 is 12.2 Å². The van der Waals surface area contributed by atoms with E-state index in [1.807, 2.05) is 13.0 Å². The number of halogens is 3. The topological polar surface area (TPSA) is 99.3 Å². The van der Waals surface area contributed by atoms with Crippen molar-refractivity contribution in [3.63, 3.8) is 0 Å². The zero-order chi connectivity index (χ0) is 34.3. The second-order valence-electron chi connectivity index (χ2n) is 15.1. The van der Waals surface area contributed by atoms with Crippen molar-refractivity contribution in [3.05, 3.63) is 46.0 Å². The Hall–Kier alpha value is -3.89. The van der Waals surface area contributed by atoms with E-state index >= 15 is 0 Å². The van der Waals surface area contributed by atoms with Crippen molar-refractivity contribution in [3.8, 4) is 12.1 Å². The number of rotatable bonds is 9. The van der Waals surface area contributed by atoms with E-state index in [4.69, 9.17) is 4.74 Å². The number of carbonyl (C=O) groups is 1. The number of carbonyl (C=O) groups excluding carboxylic acids is 1. The molecule has 1 spiro atoms. The molecular weight excluding hydrogens is 652 g/mol. The fourth-order valence-corrected chi connectivity index (χ4v) is 10.4. The van der Waals surface area contributed by atoms with Crippen molar-refractivity contribution < 1.29 is 22.7 Å². The van der Waals surface area contributed by atoms with Crippen LogP contribution in [0.25, 0.3) is 21.1 Å². The predicted molar refractivity (Wildman–Crippen MR) is 182 cm³/mol. The molecule has 5 heterocycles. The minimum Gasteiger partial charge on any atom is -0.467 e. The van der Waals surface area contributed by atoms with Gasteiger partial charge in [-0.25, -0.2) is 0 Å². The first kappa shape index (κ1) is 32.3. The normalized spacial score (nSPS) is 26.3. The first-order chi connectivity index (χ1) is 23.3. The van der Waals surface area contributed by atoms with Crippen molar-refractivity contribution in [1.82, 2.24) is 24.8 Å². The molecule has 5 aliphatic rings. The number of alkyl halides is 3. The number of benzene rings is 1. The number of nitrogens with zero attached hydrogens (tertiary/aromatic N) is 6. The van der Waals surface area contributed by atoms with E-state index in [1.165, 1.54) is 18.2 Å². The minimum absolute atomic E-state index is 0.0344. The summed E-state index contributed by atoms with van der Waals surface area (Å²) in [5.41, 5.74) is 4.43. The van der Waals surface area contributed by atoms with Crippen LogP contribution in [0.15, 0.2) is 24.3 Å². The van der Waals surface area contributed by atoms with Gasteiger partial charge in [0.15, 0.2) is 0 Å². The van der Waals surface area contributed by atoms with Crippen molar-refractivity contribution in [2.24, 2.45) is 10.8 Å². The third-order valence-electron chi connectivity index (χ3n) is 11.6. The molecule has 5 fully saturated rings. The van der Waals surface area contributed by atoms with Gasteiger partial charge in [-0.2, -0.15) is 28.4 Å². The summed E-state index contributed by atoms with van der Waals surface area (Å²) in [7, 11) is 1.48. The third-order valence-corrected chi connectivity index (χ3v) is 12.6. The van der Waals surface area contributed by atoms with Gasteiger partial charge in [-0.3, -0.25) is 9.69 Å². The Morgan fingerprint density at radius 2 is 1.90 bits per heavy atom. The number of aromatic nitrogens is 3. The maximum Gasteiger partial charge on any atom is 0.393 e. The Labute approximate surface area is 287 Å². The number of hydrogen-bond acceptors (Lipinski definition) is 8. The highest BCUT2D eigenvalue weighted by Crippen LogP contribution is 2.68. The van der Waals surface area contributed by atoms with Gasteiger partial charge in [0.2, 0.25) is 5.91 Å². The molecular formula is C36H40F3N7O2S. The maximum atomic E-state index is 13.2. The molecule has 3 saturated carbocycles. The molecule has 2 saturated heterocycles. The van der Waals surface area contributed by atoms with Gasteiger partial charge in [0, 0.05) is 65.9 Å². The van der Waals surface area contributed by atoms with Crippen molar-refractivity contribution in [1.29, 1.82) is 5.26 Å². The van der Waals surface area contributed by atoms with E-state index in [2.05, 4.69) is 54.8 Å². The summed E-state index contributed by atoms with van der Waals surface area (Å²) in [4.78, 5) is 26.4. The lowest BCUT2D eigenvalue weighted by molar-refractivity contribution is -0.171. The summed E-state index contributed by atoms with van der Waals surface area (Å²) in [5.74, 6) is 0.767. The van der Waals surface area contributed by atoms with Gasteiger partial charge in [0.25, 0.3) is 0 Å². The van der Waals surface area contributed by atoms with Crippen molar-refractivity contribution in [2.75, 3.05) is 38.2 Å². The van der Waals surface area contributed by atoms with E-state index in [0.29, 0.717) is 28.1 Å². The van der Waals surface area contributed by atoms with Crippen LogP contribution in [-0.4, -0.2) is 70.3 Å². The summed E-state index contributed by atoms with van der Waals surface area (Å²) < 4.78 is 47.1. The molecule has 0 radical (unpaired) electrons. The number of aryl methyl sites for hydroxylation is 1. The van der Waals surface area contributed by atoms with E-state index < -0.39 is 12.6 Å². The number of likely N-dealkylation sites (tertiary alicyclic amines) is 1. The van der Waals surface area contributed by atoms with Crippen LogP contribution in [-0.2, 0) is 24.3 Å². The van der Waals surface area contributed by atoms with Crippen LogP contribution < -0.4 is 15.0 Å². The highest BCUT2D eigenvalue weighted by atomic mass is 32.1. The van der Waals surface area contributed by atoms with Crippen molar-refractivity contribution >= 4 is 44.2 Å². The molecule has 2 aliphatic heterocycles. The molecule has 1 atom stereocenters. The Balaban J connectivity index is 0.964. The molecule has 1 unspecified atom stereocenters. The predicted octanol–water partition coefficient (Wildman–Crippen LogP) is 6.49. The maximum absolute atomic E-state index is 13.2. The largest absolute Gasteiger partial charge is 0.467 e. The lowest BCUT2D eigenvalue weighted by Gasteiger charge is -2.70. The van der Waals surface area contributed by atoms with Crippen LogP contribution in [0, 0.1) is 29.1 Å². The number of amides is 1. The van der Waals surface area contributed by atoms with E-state index in [-0.39, 0.29) is 33.2 Å². The number of nitriles is 1. The minimum atomic E-state index is -4.29. The highest BCUT2D eigenvalue weighted by molar-refractivity contribution is 7.18. The Morgan fingerprint density at radius 1 is 1.12 bits per heavy atom. The number of nitrogens with one attached hydrogen (secondary N) is 1. The molecule has 3 aromatic heterocycles. The van der Waals surface area contributed by atoms with Crippen LogP contribution in [0.1, 0.15) is 67.1 Å². The zero-order valence-corrected chi connectivity index (χ0v) is 28.9. The Bertz CT molecular complexity index is 2010. The highest BCUT2D eigenvalue weighted by Gasteiger charge is 2.68. The number of hydrogen-bond donors (Lipinski definition) is 1. The summed E-state index contributed by atoms with van der Waals surface area (Å²) in [6, 6.07) is 10.6. The first-order valence-corrected chi connectivity index (χ1v) is 17.9. The summed E-state index contributed by atoms with van der Waals surface area (Å²) >= 11 is 1.05. The average molecular weight is 692 g/mol. The third kappa shape index (κ3) is 5.61. The van der Waals surface area contributed by atoms with Crippen molar-refractivity contribution in [2.45, 2.75) is 83.6 Å². The second kappa shape index (κ2) is 11.3. The van der Waals surface area contributed by atoms with Gasteiger partial charge in [-0.05, 0) is 80.3 Å². The standard InChI is InChI=1S/C36H40F3N7O2S/c1-4-29(47)43-35-16-34(17-35,18-35)21-46-24(14-40)11-26-22(2)23(5-6-28(26)46)15-44-9-7-33(19-44)8-10-45(20-33)30-27-12-25(13-36(37,38)39)49-31(27)42-32(41-30)48-3/h5-6,11-12H,4,7-10,13,15-21H2,1-3H3,(H,43,47). The number of thiophene rings is 1. The van der Waals surface area contributed by atoms with Gasteiger partial charge in [-0.1, -0.05) is 13.0 Å². The zero-order valence-electron chi connectivity index (χ0n) is 28.0. The molecule has 9 rings (SSSR count). The molecule has 49 heavy (non-hydrogen) atoms. The molecule has 9 nitrogen and oxygen atoms in total. The molecule has 258 valence electrons. The number of anilines is 1. The molecule has 1 amide bonds. The van der Waals surface area contributed by atoms with E-state index in [0.717, 1.165) is 93.6 Å². The summed E-state index contributed by atoms with van der Waals surface area (Å²) in [5, 5.41) is 15.1. The SMILES string of the molecule is CCC(=O)NC12CC(Cn3c(C#N)cc4c(C)c(CN5CCC6(CCN(c7nc(OC)nc8sc(CC(F)(F)F)cc78)C6)C5)ccc43)(C1)C2. The van der Waals surface area contributed by atoms with Crippen LogP contribution in [0.5, 0.6) is 6.01 Å². The summed E-state index contributed by atoms with van der Waals surface area (Å²) in [6.07, 6.45) is 0.178. The second-order valence-corrected chi connectivity index (χ2v) is 16.2. The fourth-order valence-electron chi connectivity index (χ4n) is 9.38. The van der Waals surface area contributed by atoms with Gasteiger partial charge < -0.3 is 19.5 Å². The van der Waals surface area contributed by atoms with Gasteiger partial charge in [-0.15, -0.1) is 11.3 Å². The van der Waals surface area contributed by atoms with Crippen LogP contribution in [0.3, 0.4) is 0 Å². The quantitative estimate of drug-likeness (QED) is 0.214. The van der Waals surface area contributed by atoms with Gasteiger partial charge in [0.1, 0.15) is 22.4 Å². The smallest absolute Gasteiger partial charge is 0.393 e. The molecule has 1 N–H and O–H groups in total. The molecule has 13 heteroatoms. The fraction of sp³-hybridized carbons (Fsp3) is 0.556. The first-order valence-electron chi connectivity index (χ1n) is 17.1. The lowest BCUT2D eigenvalue weighted by atomic mass is 9.39. The van der Waals surface area contributed by atoms with E-state index in [1.54, 1.807) is 6.07 Å². The molecule has 3 aliphatic carbocycles. The molecule has 4 aromatic rings. The monoisotopic (exact) mass is 691 g/mol. The number of methoxy groups -OCH3 is 1. The van der Waals surface area contributed by atoms with Crippen LogP contribution >= 0.6 is 11.3 Å². The summed E-state index contributed by atoms with van der Waals surface area (Å²) in [6.45, 7) is 9.10. The van der Waals surface area contributed by atoms with Crippen LogP contribution in [0.4, 0.5) is 19.0 Å². The van der Waals surface area contributed by atoms with E-state index in [9.17, 15) is 23.2 Å². The molecule has 1 aromatic carbocycles. The Morgan fingerprint density at radius 3 is 2.61 bits per heavy atom. The van der Waals surface area contributed by atoms with Gasteiger partial charge in [0.05, 0.1) is 18.9 Å². The number of fused-ring (bicyclic) bond motifs is 2.